The molecule has 1 fully saturated rings. The molecule has 1 aliphatic carbocycles. The minimum atomic E-state index is 0.531. The Balaban J connectivity index is 1.26. The lowest BCUT2D eigenvalue weighted by Crippen LogP contribution is -2.44. The minimum Gasteiger partial charge on any atom is -0.353 e. The molecule has 1 atom stereocenters. The summed E-state index contributed by atoms with van der Waals surface area (Å²) >= 11 is 1.87. The average Bonchev–Trinajstić information content (AvgIpc) is 3.28. The fourth-order valence-electron chi connectivity index (χ4n) is 5.66. The number of rotatable bonds is 4. The molecule has 2 aromatic carbocycles. The molecule has 0 saturated carbocycles. The Bertz CT molecular complexity index is 1110. The number of amidine groups is 1. The van der Waals surface area contributed by atoms with Crippen molar-refractivity contribution in [3.05, 3.63) is 63.8 Å². The van der Waals surface area contributed by atoms with E-state index in [0.717, 1.165) is 19.5 Å². The molecule has 0 N–H and O–H groups in total. The van der Waals surface area contributed by atoms with Gasteiger partial charge in [0.15, 0.2) is 0 Å². The zero-order valence-corrected chi connectivity index (χ0v) is 19.0. The van der Waals surface area contributed by atoms with Crippen LogP contribution in [0.15, 0.2) is 52.8 Å². The summed E-state index contributed by atoms with van der Waals surface area (Å²) in [4.78, 5) is 12.0. The molecule has 6 rings (SSSR count). The van der Waals surface area contributed by atoms with E-state index in [2.05, 4.69) is 57.6 Å². The normalized spacial score (nSPS) is 21.6. The van der Waals surface area contributed by atoms with Crippen LogP contribution in [0.4, 0.5) is 5.69 Å². The van der Waals surface area contributed by atoms with Crippen molar-refractivity contribution in [2.24, 2.45) is 10.9 Å². The molecule has 160 valence electrons. The largest absolute Gasteiger partial charge is 0.353 e. The highest BCUT2D eigenvalue weighted by Crippen LogP contribution is 2.36. The summed E-state index contributed by atoms with van der Waals surface area (Å²) in [6.07, 6.45) is 7.64. The van der Waals surface area contributed by atoms with Gasteiger partial charge < -0.3 is 9.80 Å². The van der Waals surface area contributed by atoms with Crippen molar-refractivity contribution in [3.63, 3.8) is 0 Å². The number of benzene rings is 2. The highest BCUT2D eigenvalue weighted by atomic mass is 32.1. The second-order valence-electron chi connectivity index (χ2n) is 9.43. The lowest BCUT2D eigenvalue weighted by atomic mass is 9.81. The Hall–Kier alpha value is -2.17. The van der Waals surface area contributed by atoms with Gasteiger partial charge in [0, 0.05) is 23.9 Å². The van der Waals surface area contributed by atoms with Gasteiger partial charge in [-0.05, 0) is 78.5 Å². The van der Waals surface area contributed by atoms with E-state index in [9.17, 15) is 0 Å². The molecule has 3 nitrogen and oxygen atoms in total. The SMILES string of the molecule is c1ccc2cc3c(cc2c1)CC[C@@H](C1=Nc2ccsc2CN1CCN1CCCCC1)C3. The zero-order valence-electron chi connectivity index (χ0n) is 18.2. The molecule has 3 aromatic rings. The Labute approximate surface area is 189 Å². The van der Waals surface area contributed by atoms with E-state index in [1.165, 1.54) is 84.5 Å². The molecule has 1 saturated heterocycles. The van der Waals surface area contributed by atoms with Crippen LogP contribution >= 0.6 is 11.3 Å². The van der Waals surface area contributed by atoms with Crippen LogP contribution < -0.4 is 0 Å². The van der Waals surface area contributed by atoms with Crippen molar-refractivity contribution in [1.82, 2.24) is 9.80 Å². The predicted molar refractivity (Wildman–Crippen MR) is 132 cm³/mol. The van der Waals surface area contributed by atoms with Gasteiger partial charge in [0.1, 0.15) is 5.84 Å². The highest BCUT2D eigenvalue weighted by molar-refractivity contribution is 7.10. The molecule has 0 amide bonds. The maximum absolute atomic E-state index is 5.24. The molecule has 1 aromatic heterocycles. The minimum absolute atomic E-state index is 0.531. The van der Waals surface area contributed by atoms with Gasteiger partial charge in [0.05, 0.1) is 12.2 Å². The lowest BCUT2D eigenvalue weighted by Gasteiger charge is -2.37. The molecule has 2 aliphatic heterocycles. The molecule has 3 aliphatic rings. The van der Waals surface area contributed by atoms with Crippen LogP contribution in [0, 0.1) is 5.92 Å². The average molecular weight is 430 g/mol. The van der Waals surface area contributed by atoms with Gasteiger partial charge in [0.2, 0.25) is 0 Å². The third-order valence-electron chi connectivity index (χ3n) is 7.41. The van der Waals surface area contributed by atoms with E-state index in [4.69, 9.17) is 4.99 Å². The molecule has 3 heterocycles. The van der Waals surface area contributed by atoms with Crippen molar-refractivity contribution in [2.45, 2.75) is 45.1 Å². The topological polar surface area (TPSA) is 18.8 Å². The van der Waals surface area contributed by atoms with Crippen LogP contribution in [-0.4, -0.2) is 41.8 Å². The second-order valence-corrected chi connectivity index (χ2v) is 10.4. The summed E-state index contributed by atoms with van der Waals surface area (Å²) in [5.41, 5.74) is 4.30. The molecular formula is C27H31N3S. The predicted octanol–water partition coefficient (Wildman–Crippen LogP) is 6.04. The van der Waals surface area contributed by atoms with Crippen molar-refractivity contribution in [2.75, 3.05) is 26.2 Å². The van der Waals surface area contributed by atoms with E-state index in [0.29, 0.717) is 5.92 Å². The van der Waals surface area contributed by atoms with Crippen molar-refractivity contribution >= 4 is 33.6 Å². The summed E-state index contributed by atoms with van der Waals surface area (Å²) in [6.45, 7) is 5.87. The molecule has 4 heteroatoms. The van der Waals surface area contributed by atoms with Crippen molar-refractivity contribution in [3.8, 4) is 0 Å². The van der Waals surface area contributed by atoms with Crippen LogP contribution in [0.1, 0.15) is 41.7 Å². The third-order valence-corrected chi connectivity index (χ3v) is 8.31. The maximum atomic E-state index is 5.24. The van der Waals surface area contributed by atoms with Gasteiger partial charge in [-0.1, -0.05) is 42.8 Å². The maximum Gasteiger partial charge on any atom is 0.109 e. The van der Waals surface area contributed by atoms with Gasteiger partial charge >= 0.3 is 0 Å². The summed E-state index contributed by atoms with van der Waals surface area (Å²) in [6, 6.07) is 15.9. The number of aliphatic imine (C=N–C) groups is 1. The summed E-state index contributed by atoms with van der Waals surface area (Å²) in [5, 5.41) is 4.96. The molecule has 0 radical (unpaired) electrons. The molecule has 0 spiro atoms. The van der Waals surface area contributed by atoms with Crippen LogP contribution in [0.3, 0.4) is 0 Å². The summed E-state index contributed by atoms with van der Waals surface area (Å²) in [5.74, 6) is 1.88. The van der Waals surface area contributed by atoms with E-state index >= 15 is 0 Å². The van der Waals surface area contributed by atoms with E-state index < -0.39 is 0 Å². The smallest absolute Gasteiger partial charge is 0.109 e. The number of hydrogen-bond donors (Lipinski definition) is 0. The number of fused-ring (bicyclic) bond motifs is 3. The number of piperidine rings is 1. The van der Waals surface area contributed by atoms with Crippen LogP contribution in [0.5, 0.6) is 0 Å². The van der Waals surface area contributed by atoms with Crippen LogP contribution in [0.25, 0.3) is 10.8 Å². The van der Waals surface area contributed by atoms with Crippen molar-refractivity contribution < 1.29 is 0 Å². The van der Waals surface area contributed by atoms with Gasteiger partial charge in [-0.15, -0.1) is 11.3 Å². The molecule has 0 unspecified atom stereocenters. The van der Waals surface area contributed by atoms with Crippen LogP contribution in [0.2, 0.25) is 0 Å². The van der Waals surface area contributed by atoms with E-state index in [1.807, 2.05) is 11.3 Å². The van der Waals surface area contributed by atoms with Gasteiger partial charge in [-0.25, -0.2) is 4.99 Å². The van der Waals surface area contributed by atoms with E-state index in [-0.39, 0.29) is 0 Å². The number of hydrogen-bond acceptors (Lipinski definition) is 4. The number of aryl methyl sites for hydroxylation is 1. The first kappa shape index (κ1) is 19.5. The Kier molecular flexibility index (Phi) is 5.29. The number of nitrogens with zero attached hydrogens (tertiary/aromatic N) is 3. The fourth-order valence-corrected chi connectivity index (χ4v) is 6.49. The number of likely N-dealkylation sites (tertiary alicyclic amines) is 1. The van der Waals surface area contributed by atoms with Crippen molar-refractivity contribution in [1.29, 1.82) is 0 Å². The second kappa shape index (κ2) is 8.40. The van der Waals surface area contributed by atoms with Gasteiger partial charge in [-0.2, -0.15) is 0 Å². The summed E-state index contributed by atoms with van der Waals surface area (Å²) in [7, 11) is 0. The fraction of sp³-hybridized carbons (Fsp3) is 0.444. The molecular weight excluding hydrogens is 398 g/mol. The van der Waals surface area contributed by atoms with Gasteiger partial charge in [0.25, 0.3) is 0 Å². The summed E-state index contributed by atoms with van der Waals surface area (Å²) < 4.78 is 0. The lowest BCUT2D eigenvalue weighted by molar-refractivity contribution is 0.206. The highest BCUT2D eigenvalue weighted by Gasteiger charge is 2.30. The molecule has 0 bridgehead atoms. The third kappa shape index (κ3) is 3.92. The first-order chi connectivity index (χ1) is 15.3. The first-order valence-corrected chi connectivity index (χ1v) is 12.8. The van der Waals surface area contributed by atoms with Gasteiger partial charge in [-0.3, -0.25) is 0 Å². The Morgan fingerprint density at radius 3 is 2.58 bits per heavy atom. The zero-order chi connectivity index (χ0) is 20.6. The number of thiophene rings is 1. The molecule has 31 heavy (non-hydrogen) atoms. The first-order valence-electron chi connectivity index (χ1n) is 12.0. The Morgan fingerprint density at radius 1 is 0.935 bits per heavy atom. The standard InChI is InChI=1S/C27H31N3S/c1-4-11-29(12-5-1)13-14-30-19-26-25(10-15-31-26)28-27(30)23-9-8-22-16-20-6-2-3-7-21(20)17-24(22)18-23/h2-3,6-7,10,15-17,23H,1,4-5,8-9,11-14,18-19H2/t23-/m1/s1. The Morgan fingerprint density at radius 2 is 1.74 bits per heavy atom. The monoisotopic (exact) mass is 429 g/mol. The quantitative estimate of drug-likeness (QED) is 0.504. The van der Waals surface area contributed by atoms with Crippen LogP contribution in [-0.2, 0) is 19.4 Å². The van der Waals surface area contributed by atoms with E-state index in [1.54, 1.807) is 5.56 Å².